The number of carbonyl (C=O) groups excluding carboxylic acids is 2. The van der Waals surface area contributed by atoms with Gasteiger partial charge >= 0.3 is 0 Å². The first-order valence-electron chi connectivity index (χ1n) is 10.0. The first kappa shape index (κ1) is 24.0. The molecule has 0 heterocycles. The van der Waals surface area contributed by atoms with Crippen molar-refractivity contribution in [2.45, 2.75) is 46.2 Å². The molecule has 0 radical (unpaired) electrons. The predicted octanol–water partition coefficient (Wildman–Crippen LogP) is 5.01. The fraction of sp³-hybridized carbons (Fsp3) is 0.391. The number of ether oxygens (including phenoxy) is 1. The number of rotatable bonds is 10. The highest BCUT2D eigenvalue weighted by Crippen LogP contribution is 2.24. The molecule has 0 aromatic heterocycles. The molecular formula is C23H28Cl2N2O3. The summed E-state index contributed by atoms with van der Waals surface area (Å²) in [7, 11) is 0. The summed E-state index contributed by atoms with van der Waals surface area (Å²) >= 11 is 12.1. The van der Waals surface area contributed by atoms with Gasteiger partial charge in [-0.05, 0) is 57.0 Å². The minimum Gasteiger partial charge on any atom is -0.494 e. The van der Waals surface area contributed by atoms with E-state index < -0.39 is 6.04 Å². The molecule has 30 heavy (non-hydrogen) atoms. The molecule has 5 nitrogen and oxygen atoms in total. The van der Waals surface area contributed by atoms with Gasteiger partial charge in [0.1, 0.15) is 11.8 Å². The molecule has 2 aromatic carbocycles. The fourth-order valence-corrected chi connectivity index (χ4v) is 3.25. The fourth-order valence-electron chi connectivity index (χ4n) is 2.93. The van der Waals surface area contributed by atoms with Gasteiger partial charge in [-0.15, -0.1) is 0 Å². The summed E-state index contributed by atoms with van der Waals surface area (Å²) in [4.78, 5) is 26.9. The average molecular weight is 451 g/mol. The second-order valence-corrected chi connectivity index (χ2v) is 7.92. The monoisotopic (exact) mass is 450 g/mol. The van der Waals surface area contributed by atoms with Crippen LogP contribution in [0.1, 0.15) is 37.8 Å². The van der Waals surface area contributed by atoms with E-state index in [4.69, 9.17) is 27.9 Å². The zero-order valence-electron chi connectivity index (χ0n) is 17.6. The summed E-state index contributed by atoms with van der Waals surface area (Å²) in [6.45, 7) is 6.78. The van der Waals surface area contributed by atoms with Crippen molar-refractivity contribution in [1.29, 1.82) is 0 Å². The first-order valence-corrected chi connectivity index (χ1v) is 10.8. The number of carbonyl (C=O) groups is 2. The standard InChI is InChI=1S/C23H28Cl2N2O3/c1-4-26-23(29)17(3)27(15-18-9-12-20(24)21(25)14-18)22(28)6-5-13-30-19-10-7-16(2)8-11-19/h7-12,14,17H,4-6,13,15H2,1-3H3,(H,26,29)/t17-/m0/s1. The van der Waals surface area contributed by atoms with E-state index in [2.05, 4.69) is 5.32 Å². The molecule has 0 fully saturated rings. The maximum atomic E-state index is 12.9. The molecular weight excluding hydrogens is 423 g/mol. The van der Waals surface area contributed by atoms with Crippen LogP contribution in [0.2, 0.25) is 10.0 Å². The largest absolute Gasteiger partial charge is 0.494 e. The molecule has 0 aliphatic heterocycles. The van der Waals surface area contributed by atoms with E-state index in [1.807, 2.05) is 38.1 Å². The molecule has 2 amide bonds. The van der Waals surface area contributed by atoms with Crippen molar-refractivity contribution in [2.75, 3.05) is 13.2 Å². The SMILES string of the molecule is CCNC(=O)[C@H](C)N(Cc1ccc(Cl)c(Cl)c1)C(=O)CCCOc1ccc(C)cc1. The van der Waals surface area contributed by atoms with Crippen LogP contribution in [0.3, 0.4) is 0 Å². The van der Waals surface area contributed by atoms with Gasteiger partial charge in [0.25, 0.3) is 0 Å². The minimum absolute atomic E-state index is 0.118. The lowest BCUT2D eigenvalue weighted by Crippen LogP contribution is -2.47. The molecule has 162 valence electrons. The number of likely N-dealkylation sites (N-methyl/N-ethyl adjacent to an activating group) is 1. The molecule has 2 aromatic rings. The summed E-state index contributed by atoms with van der Waals surface area (Å²) in [5.41, 5.74) is 1.97. The molecule has 1 atom stereocenters. The van der Waals surface area contributed by atoms with Crippen LogP contribution < -0.4 is 10.1 Å². The molecule has 7 heteroatoms. The van der Waals surface area contributed by atoms with E-state index in [9.17, 15) is 9.59 Å². The van der Waals surface area contributed by atoms with Crippen LogP contribution in [0, 0.1) is 6.92 Å². The van der Waals surface area contributed by atoms with Crippen molar-refractivity contribution in [3.8, 4) is 5.75 Å². The third-order valence-corrected chi connectivity index (χ3v) is 5.42. The summed E-state index contributed by atoms with van der Waals surface area (Å²) in [5, 5.41) is 3.64. The Morgan fingerprint density at radius 2 is 1.80 bits per heavy atom. The Bertz CT molecular complexity index is 856. The molecule has 0 aliphatic rings. The second-order valence-electron chi connectivity index (χ2n) is 7.11. The van der Waals surface area contributed by atoms with E-state index in [1.54, 1.807) is 30.0 Å². The molecule has 0 saturated heterocycles. The van der Waals surface area contributed by atoms with Crippen molar-refractivity contribution < 1.29 is 14.3 Å². The molecule has 0 saturated carbocycles. The van der Waals surface area contributed by atoms with E-state index in [1.165, 1.54) is 0 Å². The molecule has 2 rings (SSSR count). The van der Waals surface area contributed by atoms with Crippen molar-refractivity contribution in [2.24, 2.45) is 0 Å². The number of amides is 2. The number of nitrogens with zero attached hydrogens (tertiary/aromatic N) is 1. The van der Waals surface area contributed by atoms with Crippen LogP contribution in [0.15, 0.2) is 42.5 Å². The van der Waals surface area contributed by atoms with Crippen LogP contribution in [-0.2, 0) is 16.1 Å². The molecule has 0 unspecified atom stereocenters. The Balaban J connectivity index is 2.00. The second kappa shape index (κ2) is 11.8. The highest BCUT2D eigenvalue weighted by atomic mass is 35.5. The number of nitrogens with one attached hydrogen (secondary N) is 1. The lowest BCUT2D eigenvalue weighted by molar-refractivity contribution is -0.140. The van der Waals surface area contributed by atoms with Gasteiger partial charge in [-0.25, -0.2) is 0 Å². The van der Waals surface area contributed by atoms with Gasteiger partial charge < -0.3 is 15.0 Å². The van der Waals surface area contributed by atoms with Crippen LogP contribution >= 0.6 is 23.2 Å². The van der Waals surface area contributed by atoms with Crippen molar-refractivity contribution >= 4 is 35.0 Å². The molecule has 0 bridgehead atoms. The van der Waals surface area contributed by atoms with Gasteiger partial charge in [0.05, 0.1) is 16.7 Å². The topological polar surface area (TPSA) is 58.6 Å². The smallest absolute Gasteiger partial charge is 0.242 e. The van der Waals surface area contributed by atoms with Gasteiger partial charge in [0.15, 0.2) is 0 Å². The third-order valence-electron chi connectivity index (χ3n) is 4.68. The molecule has 0 aliphatic carbocycles. The van der Waals surface area contributed by atoms with Crippen LogP contribution in [0.5, 0.6) is 5.75 Å². The van der Waals surface area contributed by atoms with E-state index in [0.717, 1.165) is 16.9 Å². The number of aryl methyl sites for hydroxylation is 1. The number of halogens is 2. The van der Waals surface area contributed by atoms with E-state index in [-0.39, 0.29) is 24.8 Å². The molecule has 1 N–H and O–H groups in total. The van der Waals surface area contributed by atoms with Gasteiger partial charge in [0.2, 0.25) is 11.8 Å². The predicted molar refractivity (Wildman–Crippen MR) is 121 cm³/mol. The number of hydrogen-bond acceptors (Lipinski definition) is 3. The third kappa shape index (κ3) is 7.22. The Morgan fingerprint density at radius 3 is 2.43 bits per heavy atom. The Hall–Kier alpha value is -2.24. The maximum Gasteiger partial charge on any atom is 0.242 e. The first-order chi connectivity index (χ1) is 14.3. The quantitative estimate of drug-likeness (QED) is 0.517. The number of benzene rings is 2. The van der Waals surface area contributed by atoms with E-state index in [0.29, 0.717) is 29.6 Å². The maximum absolute atomic E-state index is 12.9. The van der Waals surface area contributed by atoms with Crippen molar-refractivity contribution in [3.63, 3.8) is 0 Å². The molecule has 0 spiro atoms. The number of hydrogen-bond donors (Lipinski definition) is 1. The van der Waals surface area contributed by atoms with Gasteiger partial charge in [-0.3, -0.25) is 9.59 Å². The van der Waals surface area contributed by atoms with Gasteiger partial charge in [-0.2, -0.15) is 0 Å². The average Bonchev–Trinajstić information content (AvgIpc) is 2.72. The Kier molecular flexibility index (Phi) is 9.47. The summed E-state index contributed by atoms with van der Waals surface area (Å²) in [6, 6.07) is 12.4. The van der Waals surface area contributed by atoms with Gasteiger partial charge in [-0.1, -0.05) is 47.0 Å². The zero-order valence-corrected chi connectivity index (χ0v) is 19.1. The van der Waals surface area contributed by atoms with Crippen molar-refractivity contribution in [1.82, 2.24) is 10.2 Å². The van der Waals surface area contributed by atoms with Crippen molar-refractivity contribution in [3.05, 3.63) is 63.6 Å². The van der Waals surface area contributed by atoms with E-state index >= 15 is 0 Å². The van der Waals surface area contributed by atoms with Crippen LogP contribution in [0.4, 0.5) is 0 Å². The zero-order chi connectivity index (χ0) is 22.1. The summed E-state index contributed by atoms with van der Waals surface area (Å²) in [5.74, 6) is 0.463. The Morgan fingerprint density at radius 1 is 1.10 bits per heavy atom. The Labute approximate surface area is 188 Å². The minimum atomic E-state index is -0.607. The lowest BCUT2D eigenvalue weighted by Gasteiger charge is -2.29. The normalized spacial score (nSPS) is 11.6. The van der Waals surface area contributed by atoms with Crippen LogP contribution in [-0.4, -0.2) is 35.9 Å². The summed E-state index contributed by atoms with van der Waals surface area (Å²) in [6.07, 6.45) is 0.823. The van der Waals surface area contributed by atoms with Gasteiger partial charge in [0, 0.05) is 19.5 Å². The highest BCUT2D eigenvalue weighted by Gasteiger charge is 2.25. The van der Waals surface area contributed by atoms with Crippen LogP contribution in [0.25, 0.3) is 0 Å². The lowest BCUT2D eigenvalue weighted by atomic mass is 10.1. The highest BCUT2D eigenvalue weighted by molar-refractivity contribution is 6.42. The summed E-state index contributed by atoms with van der Waals surface area (Å²) < 4.78 is 5.70.